The first-order valence-electron chi connectivity index (χ1n) is 7.49. The molecule has 1 saturated carbocycles. The predicted octanol–water partition coefficient (Wildman–Crippen LogP) is 3.15. The third-order valence-corrected chi connectivity index (χ3v) is 3.92. The van der Waals surface area contributed by atoms with Crippen molar-refractivity contribution in [3.8, 4) is 11.3 Å². The second-order valence-corrected chi connectivity index (χ2v) is 5.51. The molecule has 0 unspecified atom stereocenters. The summed E-state index contributed by atoms with van der Waals surface area (Å²) in [5, 5.41) is 3.18. The van der Waals surface area contributed by atoms with Crippen LogP contribution in [0.5, 0.6) is 0 Å². The first-order valence-corrected chi connectivity index (χ1v) is 7.49. The molecule has 3 N–H and O–H groups in total. The highest BCUT2D eigenvalue weighted by Crippen LogP contribution is 2.25. The fourth-order valence-corrected chi connectivity index (χ4v) is 2.39. The predicted molar refractivity (Wildman–Crippen MR) is 84.8 cm³/mol. The molecule has 3 rings (SSSR count). The molecule has 2 aromatic rings. The van der Waals surface area contributed by atoms with Gasteiger partial charge in [0.1, 0.15) is 18.1 Å². The number of nitrogens with one attached hydrogen (secondary N) is 1. The molecule has 110 valence electrons. The smallest absolute Gasteiger partial charge is 0.189 e. The molecule has 1 aliphatic rings. The zero-order chi connectivity index (χ0) is 14.5. The number of hydrogen-bond acceptors (Lipinski definition) is 2. The van der Waals surface area contributed by atoms with Gasteiger partial charge in [-0.15, -0.1) is 0 Å². The minimum absolute atomic E-state index is 0.469. The molecule has 1 aromatic carbocycles. The van der Waals surface area contributed by atoms with E-state index >= 15 is 0 Å². The quantitative estimate of drug-likeness (QED) is 0.654. The van der Waals surface area contributed by atoms with Gasteiger partial charge in [-0.05, 0) is 30.9 Å². The SMILES string of the molecule is NC(=NCc1ccc(-c2ccccc2)o1)NCC1CCC1. The normalized spacial score (nSPS) is 15.7. The molecule has 1 aliphatic carbocycles. The van der Waals surface area contributed by atoms with Gasteiger partial charge in [-0.3, -0.25) is 0 Å². The van der Waals surface area contributed by atoms with E-state index in [4.69, 9.17) is 10.2 Å². The summed E-state index contributed by atoms with van der Waals surface area (Å²) in [5.41, 5.74) is 6.94. The van der Waals surface area contributed by atoms with E-state index in [1.165, 1.54) is 19.3 Å². The molecular weight excluding hydrogens is 262 g/mol. The molecule has 0 saturated heterocycles. The van der Waals surface area contributed by atoms with Gasteiger partial charge in [-0.2, -0.15) is 0 Å². The summed E-state index contributed by atoms with van der Waals surface area (Å²) in [6.45, 7) is 1.40. The van der Waals surface area contributed by atoms with Gasteiger partial charge < -0.3 is 15.5 Å². The van der Waals surface area contributed by atoms with E-state index in [-0.39, 0.29) is 0 Å². The van der Waals surface area contributed by atoms with Crippen LogP contribution >= 0.6 is 0 Å². The Bertz CT molecular complexity index is 600. The van der Waals surface area contributed by atoms with Crippen molar-refractivity contribution in [3.05, 3.63) is 48.2 Å². The zero-order valence-electron chi connectivity index (χ0n) is 12.1. The standard InChI is InChI=1S/C17H21N3O/c18-17(19-11-13-5-4-6-13)20-12-15-9-10-16(21-15)14-7-2-1-3-8-14/h1-3,7-10,13H,4-6,11-12H2,(H3,18,19,20). The van der Waals surface area contributed by atoms with Crippen LogP contribution in [0.1, 0.15) is 25.0 Å². The van der Waals surface area contributed by atoms with Crippen LogP contribution in [0.25, 0.3) is 11.3 Å². The Kier molecular flexibility index (Phi) is 4.24. The highest BCUT2D eigenvalue weighted by molar-refractivity contribution is 5.77. The Morgan fingerprint density at radius 3 is 2.71 bits per heavy atom. The van der Waals surface area contributed by atoms with Crippen molar-refractivity contribution in [2.45, 2.75) is 25.8 Å². The lowest BCUT2D eigenvalue weighted by Crippen LogP contribution is -2.37. The summed E-state index contributed by atoms with van der Waals surface area (Å²) in [6.07, 6.45) is 3.95. The Labute approximate surface area is 125 Å². The van der Waals surface area contributed by atoms with E-state index in [0.717, 1.165) is 29.5 Å². The number of benzene rings is 1. The molecule has 4 nitrogen and oxygen atoms in total. The maximum atomic E-state index is 5.86. The summed E-state index contributed by atoms with van der Waals surface area (Å²) in [4.78, 5) is 4.32. The van der Waals surface area contributed by atoms with Crippen molar-refractivity contribution in [3.63, 3.8) is 0 Å². The lowest BCUT2D eigenvalue weighted by atomic mass is 9.85. The lowest BCUT2D eigenvalue weighted by molar-refractivity contribution is 0.315. The van der Waals surface area contributed by atoms with Crippen molar-refractivity contribution in [2.24, 2.45) is 16.6 Å². The third kappa shape index (κ3) is 3.66. The summed E-state index contributed by atoms with van der Waals surface area (Å²) in [7, 11) is 0. The summed E-state index contributed by atoms with van der Waals surface area (Å²) >= 11 is 0. The second-order valence-electron chi connectivity index (χ2n) is 5.51. The second kappa shape index (κ2) is 6.48. The van der Waals surface area contributed by atoms with E-state index in [9.17, 15) is 0 Å². The van der Waals surface area contributed by atoms with Gasteiger partial charge >= 0.3 is 0 Å². The number of nitrogens with zero attached hydrogens (tertiary/aromatic N) is 1. The maximum absolute atomic E-state index is 5.86. The Balaban J connectivity index is 1.54. The average Bonchev–Trinajstić information content (AvgIpc) is 2.93. The van der Waals surface area contributed by atoms with Crippen molar-refractivity contribution in [2.75, 3.05) is 6.54 Å². The van der Waals surface area contributed by atoms with Gasteiger partial charge in [-0.1, -0.05) is 36.8 Å². The average molecular weight is 283 g/mol. The topological polar surface area (TPSA) is 63.5 Å². The summed E-state index contributed by atoms with van der Waals surface area (Å²) in [5.74, 6) is 2.95. The fourth-order valence-electron chi connectivity index (χ4n) is 2.39. The molecule has 21 heavy (non-hydrogen) atoms. The number of nitrogens with two attached hydrogens (primary N) is 1. The van der Waals surface area contributed by atoms with Gasteiger partial charge in [0, 0.05) is 12.1 Å². The first kappa shape index (κ1) is 13.7. The first-order chi connectivity index (χ1) is 10.3. The van der Waals surface area contributed by atoms with Gasteiger partial charge in [0.25, 0.3) is 0 Å². The molecule has 0 bridgehead atoms. The number of rotatable bonds is 5. The Hall–Kier alpha value is -2.23. The Morgan fingerprint density at radius 1 is 1.19 bits per heavy atom. The van der Waals surface area contributed by atoms with Crippen molar-refractivity contribution in [1.29, 1.82) is 0 Å². The van der Waals surface area contributed by atoms with E-state index in [2.05, 4.69) is 10.3 Å². The highest BCUT2D eigenvalue weighted by Gasteiger charge is 2.16. The number of hydrogen-bond donors (Lipinski definition) is 2. The molecular formula is C17H21N3O. The molecule has 1 fully saturated rings. The summed E-state index contributed by atoms with van der Waals surface area (Å²) in [6, 6.07) is 14.0. The highest BCUT2D eigenvalue weighted by atomic mass is 16.3. The molecule has 4 heteroatoms. The van der Waals surface area contributed by atoms with E-state index in [1.807, 2.05) is 42.5 Å². The molecule has 1 aromatic heterocycles. The summed E-state index contributed by atoms with van der Waals surface area (Å²) < 4.78 is 5.79. The molecule has 0 spiro atoms. The van der Waals surface area contributed by atoms with Gasteiger partial charge in [-0.25, -0.2) is 4.99 Å². The number of furan rings is 1. The van der Waals surface area contributed by atoms with Crippen LogP contribution in [0.2, 0.25) is 0 Å². The van der Waals surface area contributed by atoms with Gasteiger partial charge in [0.15, 0.2) is 5.96 Å². The minimum atomic E-state index is 0.469. The van der Waals surface area contributed by atoms with Crippen LogP contribution in [0.4, 0.5) is 0 Å². The van der Waals surface area contributed by atoms with E-state index in [1.54, 1.807) is 0 Å². The zero-order valence-corrected chi connectivity index (χ0v) is 12.1. The molecule has 0 amide bonds. The molecule has 1 heterocycles. The van der Waals surface area contributed by atoms with Crippen molar-refractivity contribution in [1.82, 2.24) is 5.32 Å². The van der Waals surface area contributed by atoms with Crippen LogP contribution < -0.4 is 11.1 Å². The number of guanidine groups is 1. The molecule has 0 radical (unpaired) electrons. The molecule has 0 atom stereocenters. The van der Waals surface area contributed by atoms with Gasteiger partial charge in [0.05, 0.1) is 0 Å². The van der Waals surface area contributed by atoms with Crippen LogP contribution in [0.15, 0.2) is 51.9 Å². The van der Waals surface area contributed by atoms with Crippen LogP contribution in [-0.2, 0) is 6.54 Å². The minimum Gasteiger partial charge on any atom is -0.459 e. The molecule has 0 aliphatic heterocycles. The third-order valence-electron chi connectivity index (χ3n) is 3.92. The number of aliphatic imine (C=N–C) groups is 1. The van der Waals surface area contributed by atoms with Crippen LogP contribution in [0, 0.1) is 5.92 Å². The lowest BCUT2D eigenvalue weighted by Gasteiger charge is -2.25. The van der Waals surface area contributed by atoms with E-state index < -0.39 is 0 Å². The van der Waals surface area contributed by atoms with Crippen LogP contribution in [-0.4, -0.2) is 12.5 Å². The fraction of sp³-hybridized carbons (Fsp3) is 0.353. The monoisotopic (exact) mass is 283 g/mol. The maximum Gasteiger partial charge on any atom is 0.189 e. The van der Waals surface area contributed by atoms with Crippen molar-refractivity contribution >= 4 is 5.96 Å². The van der Waals surface area contributed by atoms with Crippen molar-refractivity contribution < 1.29 is 4.42 Å². The van der Waals surface area contributed by atoms with Gasteiger partial charge in [0.2, 0.25) is 0 Å². The largest absolute Gasteiger partial charge is 0.459 e. The van der Waals surface area contributed by atoms with Crippen LogP contribution in [0.3, 0.4) is 0 Å². The Morgan fingerprint density at radius 2 is 2.00 bits per heavy atom. The van der Waals surface area contributed by atoms with E-state index in [0.29, 0.717) is 12.5 Å².